The average Bonchev–Trinajstić information content (AvgIpc) is 2.25. The van der Waals surface area contributed by atoms with Gasteiger partial charge in [0.2, 0.25) is 0 Å². The predicted octanol–water partition coefficient (Wildman–Crippen LogP) is 1.83. The lowest BCUT2D eigenvalue weighted by molar-refractivity contribution is 0.0292. The lowest BCUT2D eigenvalue weighted by Crippen LogP contribution is -2.39. The topological polar surface area (TPSA) is 21.3 Å². The Balaban J connectivity index is 2.00. The number of aryl methyl sites for hydroxylation is 2. The van der Waals surface area contributed by atoms with Gasteiger partial charge in [-0.2, -0.15) is 0 Å². The van der Waals surface area contributed by atoms with E-state index in [0.29, 0.717) is 6.10 Å². The number of hydrogen-bond acceptors (Lipinski definition) is 2. The van der Waals surface area contributed by atoms with Gasteiger partial charge in [-0.15, -0.1) is 0 Å². The van der Waals surface area contributed by atoms with Crippen molar-refractivity contribution in [2.45, 2.75) is 26.4 Å². The standard InChI is InChI=1S/C13H19NO/c1-10-3-4-12(7-11(10)2)8-13-9-14-5-6-15-13/h3-4,7,13-14H,5-6,8-9H2,1-2H3. The molecular weight excluding hydrogens is 186 g/mol. The molecule has 2 heteroatoms. The van der Waals surface area contributed by atoms with E-state index in [4.69, 9.17) is 4.74 Å². The summed E-state index contributed by atoms with van der Waals surface area (Å²) < 4.78 is 5.69. The smallest absolute Gasteiger partial charge is 0.0740 e. The maximum atomic E-state index is 5.69. The number of morpholine rings is 1. The Kier molecular flexibility index (Phi) is 3.39. The van der Waals surface area contributed by atoms with Crippen LogP contribution in [0.4, 0.5) is 0 Å². The Morgan fingerprint density at radius 1 is 1.33 bits per heavy atom. The molecule has 2 rings (SSSR count). The normalized spacial score (nSPS) is 21.6. The monoisotopic (exact) mass is 205 g/mol. The Bertz CT molecular complexity index is 329. The van der Waals surface area contributed by atoms with Gasteiger partial charge >= 0.3 is 0 Å². The molecular formula is C13H19NO. The van der Waals surface area contributed by atoms with Gasteiger partial charge in [0.1, 0.15) is 0 Å². The van der Waals surface area contributed by atoms with Crippen LogP contribution in [0.15, 0.2) is 18.2 Å². The molecule has 1 aromatic rings. The van der Waals surface area contributed by atoms with Crippen molar-refractivity contribution < 1.29 is 4.74 Å². The summed E-state index contributed by atoms with van der Waals surface area (Å²) in [6.45, 7) is 7.13. The fourth-order valence-corrected chi connectivity index (χ4v) is 1.94. The summed E-state index contributed by atoms with van der Waals surface area (Å²) in [5.41, 5.74) is 4.12. The summed E-state index contributed by atoms with van der Waals surface area (Å²) in [6.07, 6.45) is 1.37. The van der Waals surface area contributed by atoms with Gasteiger partial charge in [0.25, 0.3) is 0 Å². The zero-order valence-corrected chi connectivity index (χ0v) is 9.55. The second kappa shape index (κ2) is 4.77. The second-order valence-electron chi connectivity index (χ2n) is 4.32. The van der Waals surface area contributed by atoms with Gasteiger partial charge in [0.05, 0.1) is 12.7 Å². The second-order valence-corrected chi connectivity index (χ2v) is 4.32. The summed E-state index contributed by atoms with van der Waals surface area (Å²) in [6, 6.07) is 6.68. The van der Waals surface area contributed by atoms with Gasteiger partial charge in [-0.25, -0.2) is 0 Å². The third kappa shape index (κ3) is 2.80. The molecule has 0 spiro atoms. The van der Waals surface area contributed by atoms with Crippen LogP contribution in [-0.4, -0.2) is 25.8 Å². The molecule has 1 heterocycles. The Morgan fingerprint density at radius 3 is 2.87 bits per heavy atom. The van der Waals surface area contributed by atoms with Crippen LogP contribution in [-0.2, 0) is 11.2 Å². The van der Waals surface area contributed by atoms with Crippen LogP contribution in [0.3, 0.4) is 0 Å². The van der Waals surface area contributed by atoms with Gasteiger partial charge in [-0.3, -0.25) is 0 Å². The predicted molar refractivity (Wildman–Crippen MR) is 62.2 cm³/mol. The maximum Gasteiger partial charge on any atom is 0.0740 e. The van der Waals surface area contributed by atoms with Crippen molar-refractivity contribution in [1.82, 2.24) is 5.32 Å². The number of hydrogen-bond donors (Lipinski definition) is 1. The quantitative estimate of drug-likeness (QED) is 0.795. The summed E-state index contributed by atoms with van der Waals surface area (Å²) in [5.74, 6) is 0. The van der Waals surface area contributed by atoms with Gasteiger partial charge in [-0.05, 0) is 37.0 Å². The molecule has 82 valence electrons. The van der Waals surface area contributed by atoms with Crippen LogP contribution in [0.2, 0.25) is 0 Å². The van der Waals surface area contributed by atoms with E-state index in [0.717, 1.165) is 26.1 Å². The molecule has 15 heavy (non-hydrogen) atoms. The van der Waals surface area contributed by atoms with Gasteiger partial charge in [-0.1, -0.05) is 18.2 Å². The van der Waals surface area contributed by atoms with E-state index >= 15 is 0 Å². The van der Waals surface area contributed by atoms with E-state index in [-0.39, 0.29) is 0 Å². The Labute approximate surface area is 91.6 Å². The van der Waals surface area contributed by atoms with Crippen molar-refractivity contribution in [3.63, 3.8) is 0 Å². The van der Waals surface area contributed by atoms with Crippen molar-refractivity contribution in [1.29, 1.82) is 0 Å². The Hall–Kier alpha value is -0.860. The number of ether oxygens (including phenoxy) is 1. The van der Waals surface area contributed by atoms with Crippen molar-refractivity contribution >= 4 is 0 Å². The van der Waals surface area contributed by atoms with Gasteiger partial charge in [0, 0.05) is 13.1 Å². The molecule has 2 nitrogen and oxygen atoms in total. The summed E-state index contributed by atoms with van der Waals surface area (Å²) >= 11 is 0. The molecule has 1 atom stereocenters. The van der Waals surface area contributed by atoms with Gasteiger partial charge < -0.3 is 10.1 Å². The van der Waals surface area contributed by atoms with E-state index in [1.807, 2.05) is 0 Å². The number of nitrogens with one attached hydrogen (secondary N) is 1. The van der Waals surface area contributed by atoms with Crippen LogP contribution in [0, 0.1) is 13.8 Å². The molecule has 0 aromatic heterocycles. The first-order chi connectivity index (χ1) is 7.25. The molecule has 1 aliphatic rings. The fourth-order valence-electron chi connectivity index (χ4n) is 1.94. The highest BCUT2D eigenvalue weighted by Crippen LogP contribution is 2.13. The molecule has 1 fully saturated rings. The SMILES string of the molecule is Cc1ccc(CC2CNCCO2)cc1C. The molecule has 1 aromatic carbocycles. The third-order valence-corrected chi connectivity index (χ3v) is 3.04. The summed E-state index contributed by atoms with van der Waals surface area (Å²) in [4.78, 5) is 0. The molecule has 0 radical (unpaired) electrons. The first-order valence-corrected chi connectivity index (χ1v) is 5.64. The highest BCUT2D eigenvalue weighted by molar-refractivity contribution is 5.30. The molecule has 0 amide bonds. The lowest BCUT2D eigenvalue weighted by Gasteiger charge is -2.23. The zero-order chi connectivity index (χ0) is 10.7. The first kappa shape index (κ1) is 10.7. The average molecular weight is 205 g/mol. The molecule has 1 N–H and O–H groups in total. The molecule has 0 bridgehead atoms. The van der Waals surface area contributed by atoms with E-state index in [1.165, 1.54) is 16.7 Å². The van der Waals surface area contributed by atoms with Crippen molar-refractivity contribution in [3.05, 3.63) is 34.9 Å². The molecule has 1 saturated heterocycles. The third-order valence-electron chi connectivity index (χ3n) is 3.04. The highest BCUT2D eigenvalue weighted by atomic mass is 16.5. The van der Waals surface area contributed by atoms with E-state index in [2.05, 4.69) is 37.4 Å². The maximum absolute atomic E-state index is 5.69. The lowest BCUT2D eigenvalue weighted by atomic mass is 10.0. The van der Waals surface area contributed by atoms with Crippen molar-refractivity contribution in [3.8, 4) is 0 Å². The summed E-state index contributed by atoms with van der Waals surface area (Å²) in [5, 5.41) is 3.36. The van der Waals surface area contributed by atoms with Crippen molar-refractivity contribution in [2.24, 2.45) is 0 Å². The molecule has 1 unspecified atom stereocenters. The molecule has 1 aliphatic heterocycles. The molecule has 0 saturated carbocycles. The van der Waals surface area contributed by atoms with E-state index in [9.17, 15) is 0 Å². The minimum atomic E-state index is 0.348. The zero-order valence-electron chi connectivity index (χ0n) is 9.55. The van der Waals surface area contributed by atoms with Crippen molar-refractivity contribution in [2.75, 3.05) is 19.7 Å². The minimum Gasteiger partial charge on any atom is -0.375 e. The first-order valence-electron chi connectivity index (χ1n) is 5.64. The molecule has 0 aliphatic carbocycles. The largest absolute Gasteiger partial charge is 0.375 e. The van der Waals surface area contributed by atoms with Crippen LogP contribution < -0.4 is 5.32 Å². The fraction of sp³-hybridized carbons (Fsp3) is 0.538. The van der Waals surface area contributed by atoms with Crippen LogP contribution in [0.5, 0.6) is 0 Å². The van der Waals surface area contributed by atoms with E-state index < -0.39 is 0 Å². The van der Waals surface area contributed by atoms with Gasteiger partial charge in [0.15, 0.2) is 0 Å². The minimum absolute atomic E-state index is 0.348. The number of benzene rings is 1. The van der Waals surface area contributed by atoms with Crippen LogP contribution in [0.25, 0.3) is 0 Å². The van der Waals surface area contributed by atoms with Crippen LogP contribution >= 0.6 is 0 Å². The highest BCUT2D eigenvalue weighted by Gasteiger charge is 2.13. The summed E-state index contributed by atoms with van der Waals surface area (Å²) in [7, 11) is 0. The van der Waals surface area contributed by atoms with E-state index in [1.54, 1.807) is 0 Å². The Morgan fingerprint density at radius 2 is 2.20 bits per heavy atom. The van der Waals surface area contributed by atoms with Crippen LogP contribution in [0.1, 0.15) is 16.7 Å². The number of rotatable bonds is 2.